The highest BCUT2D eigenvalue weighted by atomic mass is 19.2. The monoisotopic (exact) mass is 273 g/mol. The minimum absolute atomic E-state index is 0.0434. The summed E-state index contributed by atoms with van der Waals surface area (Å²) in [7, 11) is 0. The zero-order chi connectivity index (χ0) is 13.9. The Balaban J connectivity index is 2.03. The molecule has 0 aliphatic heterocycles. The summed E-state index contributed by atoms with van der Waals surface area (Å²) in [5, 5.41) is 3.17. The van der Waals surface area contributed by atoms with Gasteiger partial charge in [-0.25, -0.2) is 4.39 Å². The van der Waals surface area contributed by atoms with E-state index in [1.807, 2.05) is 6.92 Å². The number of rotatable bonds is 10. The molecule has 0 unspecified atom stereocenters. The SMILES string of the molecule is CCOCCCCNCCOc1cccc(F)c1F. The molecule has 0 aromatic heterocycles. The third-order valence-corrected chi connectivity index (χ3v) is 2.55. The largest absolute Gasteiger partial charge is 0.489 e. The third-order valence-electron chi connectivity index (χ3n) is 2.55. The lowest BCUT2D eigenvalue weighted by atomic mass is 10.3. The smallest absolute Gasteiger partial charge is 0.200 e. The third kappa shape index (κ3) is 6.50. The molecule has 1 aromatic rings. The second-order valence-corrected chi connectivity index (χ2v) is 4.05. The molecule has 1 rings (SSSR count). The van der Waals surface area contributed by atoms with Crippen molar-refractivity contribution in [2.24, 2.45) is 0 Å². The van der Waals surface area contributed by atoms with E-state index in [-0.39, 0.29) is 5.75 Å². The molecule has 1 aromatic carbocycles. The maximum Gasteiger partial charge on any atom is 0.200 e. The Morgan fingerprint density at radius 1 is 1.11 bits per heavy atom. The lowest BCUT2D eigenvalue weighted by Gasteiger charge is -2.08. The summed E-state index contributed by atoms with van der Waals surface area (Å²) in [6.45, 7) is 5.28. The zero-order valence-corrected chi connectivity index (χ0v) is 11.3. The van der Waals surface area contributed by atoms with E-state index in [9.17, 15) is 8.78 Å². The second kappa shape index (κ2) is 9.69. The van der Waals surface area contributed by atoms with E-state index in [1.54, 1.807) is 0 Å². The Labute approximate surface area is 112 Å². The van der Waals surface area contributed by atoms with E-state index in [2.05, 4.69) is 5.32 Å². The van der Waals surface area contributed by atoms with Gasteiger partial charge in [0.05, 0.1) is 0 Å². The van der Waals surface area contributed by atoms with Crippen molar-refractivity contribution < 1.29 is 18.3 Å². The summed E-state index contributed by atoms with van der Waals surface area (Å²) in [5.74, 6) is -1.86. The van der Waals surface area contributed by atoms with Gasteiger partial charge in [0, 0.05) is 19.8 Å². The lowest BCUT2D eigenvalue weighted by Crippen LogP contribution is -2.22. The number of nitrogens with one attached hydrogen (secondary N) is 1. The van der Waals surface area contributed by atoms with E-state index >= 15 is 0 Å². The van der Waals surface area contributed by atoms with Crippen LogP contribution in [0.15, 0.2) is 18.2 Å². The summed E-state index contributed by atoms with van der Waals surface area (Å²) in [5.41, 5.74) is 0. The van der Waals surface area contributed by atoms with E-state index in [0.29, 0.717) is 13.2 Å². The highest BCUT2D eigenvalue weighted by Crippen LogP contribution is 2.18. The number of hydrogen-bond acceptors (Lipinski definition) is 3. The van der Waals surface area contributed by atoms with Gasteiger partial charge in [0.15, 0.2) is 11.6 Å². The maximum atomic E-state index is 13.2. The van der Waals surface area contributed by atoms with Gasteiger partial charge in [-0.3, -0.25) is 0 Å². The van der Waals surface area contributed by atoms with Crippen molar-refractivity contribution in [1.82, 2.24) is 5.32 Å². The maximum absolute atomic E-state index is 13.2. The summed E-state index contributed by atoms with van der Waals surface area (Å²) >= 11 is 0. The van der Waals surface area contributed by atoms with Crippen LogP contribution in [0, 0.1) is 11.6 Å². The van der Waals surface area contributed by atoms with Gasteiger partial charge in [-0.2, -0.15) is 4.39 Å². The van der Waals surface area contributed by atoms with Crippen LogP contribution in [-0.4, -0.2) is 32.9 Å². The molecule has 0 aliphatic rings. The lowest BCUT2D eigenvalue weighted by molar-refractivity contribution is 0.143. The fraction of sp³-hybridized carbons (Fsp3) is 0.571. The number of benzene rings is 1. The van der Waals surface area contributed by atoms with Crippen molar-refractivity contribution in [3.8, 4) is 5.75 Å². The van der Waals surface area contributed by atoms with Gasteiger partial charge in [0.25, 0.3) is 0 Å². The summed E-state index contributed by atoms with van der Waals surface area (Å²) < 4.78 is 36.5. The molecular formula is C14H21F2NO2. The first kappa shape index (κ1) is 15.9. The van der Waals surface area contributed by atoms with Crippen molar-refractivity contribution in [2.75, 3.05) is 32.9 Å². The molecule has 108 valence electrons. The normalized spacial score (nSPS) is 10.7. The van der Waals surface area contributed by atoms with E-state index in [1.165, 1.54) is 12.1 Å². The quantitative estimate of drug-likeness (QED) is 0.665. The number of halogens is 2. The predicted molar refractivity (Wildman–Crippen MR) is 70.4 cm³/mol. The zero-order valence-electron chi connectivity index (χ0n) is 11.3. The van der Waals surface area contributed by atoms with Crippen molar-refractivity contribution in [2.45, 2.75) is 19.8 Å². The molecule has 1 N–H and O–H groups in total. The molecule has 0 saturated heterocycles. The van der Waals surface area contributed by atoms with Gasteiger partial charge in [-0.05, 0) is 38.4 Å². The second-order valence-electron chi connectivity index (χ2n) is 4.05. The Morgan fingerprint density at radius 3 is 2.74 bits per heavy atom. The molecule has 0 radical (unpaired) electrons. The van der Waals surface area contributed by atoms with E-state index in [0.717, 1.165) is 38.7 Å². The average Bonchev–Trinajstić information content (AvgIpc) is 2.41. The summed E-state index contributed by atoms with van der Waals surface area (Å²) in [4.78, 5) is 0. The number of hydrogen-bond donors (Lipinski definition) is 1. The molecule has 0 fully saturated rings. The van der Waals surface area contributed by atoms with Crippen LogP contribution in [0.1, 0.15) is 19.8 Å². The van der Waals surface area contributed by atoms with Crippen molar-refractivity contribution in [1.29, 1.82) is 0 Å². The first-order valence-electron chi connectivity index (χ1n) is 6.61. The molecule has 3 nitrogen and oxygen atoms in total. The van der Waals surface area contributed by atoms with E-state index < -0.39 is 11.6 Å². The highest BCUT2D eigenvalue weighted by Gasteiger charge is 2.07. The Bertz CT molecular complexity index is 361. The van der Waals surface area contributed by atoms with Gasteiger partial charge in [0.2, 0.25) is 5.82 Å². The first-order chi connectivity index (χ1) is 9.25. The topological polar surface area (TPSA) is 30.5 Å². The van der Waals surface area contributed by atoms with Crippen LogP contribution >= 0.6 is 0 Å². The molecule has 0 amide bonds. The van der Waals surface area contributed by atoms with Gasteiger partial charge in [-0.15, -0.1) is 0 Å². The predicted octanol–water partition coefficient (Wildman–Crippen LogP) is 2.75. The van der Waals surface area contributed by atoms with Crippen LogP contribution in [0.3, 0.4) is 0 Å². The van der Waals surface area contributed by atoms with Crippen LogP contribution in [0.5, 0.6) is 5.75 Å². The Kier molecular flexibility index (Phi) is 8.09. The van der Waals surface area contributed by atoms with Crippen LogP contribution in [0.4, 0.5) is 8.78 Å². The Hall–Kier alpha value is -1.20. The number of ether oxygens (including phenoxy) is 2. The van der Waals surface area contributed by atoms with Crippen LogP contribution in [0.2, 0.25) is 0 Å². The van der Waals surface area contributed by atoms with Crippen molar-refractivity contribution in [3.05, 3.63) is 29.8 Å². The van der Waals surface area contributed by atoms with Gasteiger partial charge >= 0.3 is 0 Å². The average molecular weight is 273 g/mol. The van der Waals surface area contributed by atoms with Crippen LogP contribution in [0.25, 0.3) is 0 Å². The molecule has 0 aliphatic carbocycles. The highest BCUT2D eigenvalue weighted by molar-refractivity contribution is 5.24. The van der Waals surface area contributed by atoms with Gasteiger partial charge in [0.1, 0.15) is 6.61 Å². The molecule has 0 saturated carbocycles. The van der Waals surface area contributed by atoms with Crippen LogP contribution < -0.4 is 10.1 Å². The summed E-state index contributed by atoms with van der Waals surface area (Å²) in [6, 6.07) is 3.91. The van der Waals surface area contributed by atoms with Gasteiger partial charge < -0.3 is 14.8 Å². The fourth-order valence-electron chi connectivity index (χ4n) is 1.55. The van der Waals surface area contributed by atoms with Crippen LogP contribution in [-0.2, 0) is 4.74 Å². The molecule has 0 atom stereocenters. The Morgan fingerprint density at radius 2 is 1.95 bits per heavy atom. The molecular weight excluding hydrogens is 252 g/mol. The van der Waals surface area contributed by atoms with Crippen molar-refractivity contribution in [3.63, 3.8) is 0 Å². The van der Waals surface area contributed by atoms with Gasteiger partial charge in [-0.1, -0.05) is 6.07 Å². The molecule has 0 spiro atoms. The van der Waals surface area contributed by atoms with E-state index in [4.69, 9.17) is 9.47 Å². The molecule has 19 heavy (non-hydrogen) atoms. The fourth-order valence-corrected chi connectivity index (χ4v) is 1.55. The number of unbranched alkanes of at least 4 members (excludes halogenated alkanes) is 1. The standard InChI is InChI=1S/C14H21F2NO2/c1-2-18-10-4-3-8-17-9-11-19-13-7-5-6-12(15)14(13)16/h5-7,17H,2-4,8-11H2,1H3. The summed E-state index contributed by atoms with van der Waals surface area (Å²) in [6.07, 6.45) is 2.04. The minimum Gasteiger partial charge on any atom is -0.489 e. The molecule has 5 heteroatoms. The minimum atomic E-state index is -0.931. The van der Waals surface area contributed by atoms with Crippen molar-refractivity contribution >= 4 is 0 Å². The molecule has 0 heterocycles. The first-order valence-corrected chi connectivity index (χ1v) is 6.61. The molecule has 0 bridgehead atoms.